The SMILES string of the molecule is CC(C)C(C)(C)[Si](C)(C)OCC#C/C=C/CO. The Hall–Kier alpha value is -0.563. The van der Waals surface area contributed by atoms with Gasteiger partial charge in [0.05, 0.1) is 13.2 Å². The minimum Gasteiger partial charge on any atom is -0.406 e. The number of hydrogen-bond acceptors (Lipinski definition) is 2. The molecule has 0 unspecified atom stereocenters. The summed E-state index contributed by atoms with van der Waals surface area (Å²) in [6, 6.07) is 0. The van der Waals surface area contributed by atoms with Gasteiger partial charge < -0.3 is 9.53 Å². The van der Waals surface area contributed by atoms with Gasteiger partial charge in [-0.05, 0) is 30.1 Å². The Labute approximate surface area is 107 Å². The molecule has 0 aliphatic carbocycles. The lowest BCUT2D eigenvalue weighted by Gasteiger charge is -2.42. The van der Waals surface area contributed by atoms with Crippen LogP contribution in [0.1, 0.15) is 27.7 Å². The van der Waals surface area contributed by atoms with E-state index in [0.29, 0.717) is 12.5 Å². The van der Waals surface area contributed by atoms with E-state index in [1.165, 1.54) is 0 Å². The lowest BCUT2D eigenvalue weighted by molar-refractivity contribution is 0.303. The normalized spacial score (nSPS) is 12.9. The molecule has 0 aromatic heterocycles. The fourth-order valence-electron chi connectivity index (χ4n) is 1.31. The Balaban J connectivity index is 4.36. The van der Waals surface area contributed by atoms with Gasteiger partial charge in [-0.25, -0.2) is 0 Å². The van der Waals surface area contributed by atoms with Gasteiger partial charge in [0.25, 0.3) is 0 Å². The summed E-state index contributed by atoms with van der Waals surface area (Å²) in [5, 5.41) is 8.77. The van der Waals surface area contributed by atoms with Gasteiger partial charge in [-0.3, -0.25) is 0 Å². The summed E-state index contributed by atoms with van der Waals surface area (Å²) in [6.07, 6.45) is 3.28. The van der Waals surface area contributed by atoms with Crippen LogP contribution in [0.2, 0.25) is 18.1 Å². The third-order valence-corrected chi connectivity index (χ3v) is 8.46. The third kappa shape index (κ3) is 5.07. The molecule has 0 amide bonds. The highest BCUT2D eigenvalue weighted by Crippen LogP contribution is 2.44. The number of allylic oxidation sites excluding steroid dienone is 1. The van der Waals surface area contributed by atoms with Crippen molar-refractivity contribution >= 4 is 8.32 Å². The quantitative estimate of drug-likeness (QED) is 0.603. The molecule has 0 aromatic rings. The van der Waals surface area contributed by atoms with Crippen LogP contribution in [-0.4, -0.2) is 26.6 Å². The van der Waals surface area contributed by atoms with Crippen molar-refractivity contribution in [3.05, 3.63) is 12.2 Å². The van der Waals surface area contributed by atoms with Crippen LogP contribution in [0.3, 0.4) is 0 Å². The minimum absolute atomic E-state index is 0.0379. The molecule has 0 radical (unpaired) electrons. The molecule has 0 spiro atoms. The van der Waals surface area contributed by atoms with E-state index in [4.69, 9.17) is 9.53 Å². The summed E-state index contributed by atoms with van der Waals surface area (Å²) in [5.74, 6) is 6.40. The molecule has 98 valence electrons. The van der Waals surface area contributed by atoms with Crippen LogP contribution >= 0.6 is 0 Å². The van der Waals surface area contributed by atoms with Gasteiger partial charge >= 0.3 is 0 Å². The van der Waals surface area contributed by atoms with Gasteiger partial charge in [0.1, 0.15) is 0 Å². The van der Waals surface area contributed by atoms with Crippen molar-refractivity contribution in [2.45, 2.75) is 45.8 Å². The van der Waals surface area contributed by atoms with E-state index in [2.05, 4.69) is 52.6 Å². The average Bonchev–Trinajstić information content (AvgIpc) is 2.22. The van der Waals surface area contributed by atoms with E-state index in [1.807, 2.05) is 0 Å². The molecule has 1 N–H and O–H groups in total. The Morgan fingerprint density at radius 2 is 1.94 bits per heavy atom. The Kier molecular flexibility index (Phi) is 6.77. The molecular formula is C14H26O2Si. The van der Waals surface area contributed by atoms with E-state index >= 15 is 0 Å². The van der Waals surface area contributed by atoms with Gasteiger partial charge in [-0.1, -0.05) is 45.6 Å². The Morgan fingerprint density at radius 3 is 2.41 bits per heavy atom. The minimum atomic E-state index is -1.74. The van der Waals surface area contributed by atoms with Crippen molar-refractivity contribution in [2.75, 3.05) is 13.2 Å². The number of aliphatic hydroxyl groups is 1. The van der Waals surface area contributed by atoms with E-state index in [9.17, 15) is 0 Å². The lowest BCUT2D eigenvalue weighted by atomic mass is 9.99. The Bertz CT molecular complexity index is 306. The van der Waals surface area contributed by atoms with Crippen LogP contribution < -0.4 is 0 Å². The molecule has 0 aliphatic rings. The first kappa shape index (κ1) is 16.4. The number of rotatable bonds is 5. The average molecular weight is 254 g/mol. The summed E-state index contributed by atoms with van der Waals surface area (Å²) in [4.78, 5) is 0. The molecule has 17 heavy (non-hydrogen) atoms. The summed E-state index contributed by atoms with van der Waals surface area (Å²) < 4.78 is 6.00. The van der Waals surface area contributed by atoms with Crippen LogP contribution in [0.25, 0.3) is 0 Å². The second kappa shape index (κ2) is 7.00. The first-order valence-electron chi connectivity index (χ1n) is 6.14. The van der Waals surface area contributed by atoms with Crippen LogP contribution in [0.15, 0.2) is 12.2 Å². The fraction of sp³-hybridized carbons (Fsp3) is 0.714. The summed E-state index contributed by atoms with van der Waals surface area (Å²) in [5.41, 5.74) is 0. The predicted octanol–water partition coefficient (Wildman–Crippen LogP) is 3.20. The third-order valence-electron chi connectivity index (χ3n) is 3.91. The van der Waals surface area contributed by atoms with Gasteiger partial charge in [0, 0.05) is 0 Å². The highest BCUT2D eigenvalue weighted by atomic mass is 28.4. The van der Waals surface area contributed by atoms with Crippen LogP contribution in [0.5, 0.6) is 0 Å². The molecule has 0 rings (SSSR count). The highest BCUT2D eigenvalue weighted by Gasteiger charge is 2.42. The number of hydrogen-bond donors (Lipinski definition) is 1. The first-order valence-corrected chi connectivity index (χ1v) is 9.04. The summed E-state index contributed by atoms with van der Waals surface area (Å²) in [6.45, 7) is 14.1. The van der Waals surface area contributed by atoms with Crippen molar-refractivity contribution in [3.63, 3.8) is 0 Å². The second-order valence-electron chi connectivity index (χ2n) is 5.58. The van der Waals surface area contributed by atoms with Crippen molar-refractivity contribution in [1.29, 1.82) is 0 Å². The smallest absolute Gasteiger partial charge is 0.193 e. The zero-order valence-electron chi connectivity index (χ0n) is 12.0. The molecule has 0 heterocycles. The van der Waals surface area contributed by atoms with Crippen LogP contribution in [0.4, 0.5) is 0 Å². The zero-order chi connectivity index (χ0) is 13.5. The molecule has 0 saturated carbocycles. The van der Waals surface area contributed by atoms with E-state index in [1.54, 1.807) is 12.2 Å². The maximum atomic E-state index is 8.54. The van der Waals surface area contributed by atoms with Crippen molar-refractivity contribution < 1.29 is 9.53 Å². The monoisotopic (exact) mass is 254 g/mol. The fourth-order valence-corrected chi connectivity index (χ4v) is 3.51. The van der Waals surface area contributed by atoms with E-state index < -0.39 is 8.32 Å². The van der Waals surface area contributed by atoms with Gasteiger partial charge in [-0.15, -0.1) is 0 Å². The summed E-state index contributed by atoms with van der Waals surface area (Å²) in [7, 11) is -1.74. The van der Waals surface area contributed by atoms with Gasteiger partial charge in [0.2, 0.25) is 0 Å². The Morgan fingerprint density at radius 1 is 1.35 bits per heavy atom. The van der Waals surface area contributed by atoms with Crippen LogP contribution in [-0.2, 0) is 4.43 Å². The standard InChI is InChI=1S/C14H26O2Si/c1-13(2)14(3,4)17(5,6)16-12-10-8-7-9-11-15/h7,9,13,15H,11-12H2,1-6H3/b9-7+. The molecule has 3 heteroatoms. The molecule has 0 aromatic carbocycles. The molecule has 0 aliphatic heterocycles. The molecule has 0 fully saturated rings. The molecule has 2 nitrogen and oxygen atoms in total. The molecule has 0 atom stereocenters. The maximum absolute atomic E-state index is 8.54. The van der Waals surface area contributed by atoms with Gasteiger partial charge in [-0.2, -0.15) is 0 Å². The van der Waals surface area contributed by atoms with Crippen molar-refractivity contribution in [3.8, 4) is 11.8 Å². The summed E-state index contributed by atoms with van der Waals surface area (Å²) >= 11 is 0. The van der Waals surface area contributed by atoms with E-state index in [0.717, 1.165) is 0 Å². The van der Waals surface area contributed by atoms with Gasteiger partial charge in [0.15, 0.2) is 8.32 Å². The van der Waals surface area contributed by atoms with Crippen molar-refractivity contribution in [1.82, 2.24) is 0 Å². The van der Waals surface area contributed by atoms with Crippen molar-refractivity contribution in [2.24, 2.45) is 5.92 Å². The lowest BCUT2D eigenvalue weighted by Crippen LogP contribution is -2.45. The molecule has 0 saturated heterocycles. The predicted molar refractivity (Wildman–Crippen MR) is 76.3 cm³/mol. The first-order chi connectivity index (χ1) is 7.75. The zero-order valence-corrected chi connectivity index (χ0v) is 13.0. The largest absolute Gasteiger partial charge is 0.406 e. The molecular weight excluding hydrogens is 228 g/mol. The maximum Gasteiger partial charge on any atom is 0.193 e. The topological polar surface area (TPSA) is 29.5 Å². The molecule has 0 bridgehead atoms. The second-order valence-corrected chi connectivity index (χ2v) is 10.2. The van der Waals surface area contributed by atoms with Crippen LogP contribution in [0, 0.1) is 17.8 Å². The highest BCUT2D eigenvalue weighted by molar-refractivity contribution is 6.74. The number of aliphatic hydroxyl groups excluding tert-OH is 1. The van der Waals surface area contributed by atoms with E-state index in [-0.39, 0.29) is 11.6 Å².